The Morgan fingerprint density at radius 1 is 1.12 bits per heavy atom. The van der Waals surface area contributed by atoms with Crippen LogP contribution in [0.1, 0.15) is 35.1 Å². The first kappa shape index (κ1) is 18.1. The minimum atomic E-state index is 0.0203. The molecule has 0 aliphatic carbocycles. The van der Waals surface area contributed by atoms with Crippen LogP contribution in [0.25, 0.3) is 0 Å². The number of carbonyl (C=O) groups excluding carboxylic acids is 1. The van der Waals surface area contributed by atoms with Gasteiger partial charge in [0.1, 0.15) is 32.2 Å². The standard InChI is InChI=1S/C20H27N3OS/c1-3-22-11-13-23(14-12-22)19(18-10-7-15-25-18)16(2)21-20(24)17-8-5-4-6-9-17/h4-10,15-16,19H,3,11-14H2,1-2H3,(H,21,24)/p+2/t16-,19-/m1/s1. The molecule has 25 heavy (non-hydrogen) atoms. The Kier molecular flexibility index (Phi) is 6.24. The van der Waals surface area contributed by atoms with Crippen molar-refractivity contribution in [2.75, 3.05) is 32.7 Å². The lowest BCUT2D eigenvalue weighted by atomic mass is 10.0. The lowest BCUT2D eigenvalue weighted by molar-refractivity contribution is -1.03. The molecule has 0 unspecified atom stereocenters. The zero-order valence-corrected chi connectivity index (χ0v) is 15.9. The van der Waals surface area contributed by atoms with E-state index in [1.54, 1.807) is 21.1 Å². The van der Waals surface area contributed by atoms with Crippen molar-refractivity contribution in [3.05, 3.63) is 58.3 Å². The van der Waals surface area contributed by atoms with Gasteiger partial charge in [0.2, 0.25) is 0 Å². The molecule has 4 nitrogen and oxygen atoms in total. The van der Waals surface area contributed by atoms with Gasteiger partial charge in [0.15, 0.2) is 0 Å². The Morgan fingerprint density at radius 3 is 2.44 bits per heavy atom. The van der Waals surface area contributed by atoms with Gasteiger partial charge < -0.3 is 15.1 Å². The van der Waals surface area contributed by atoms with Crippen molar-refractivity contribution in [3.63, 3.8) is 0 Å². The molecule has 2 aromatic rings. The molecule has 3 N–H and O–H groups in total. The molecule has 2 heterocycles. The number of quaternary nitrogens is 2. The summed E-state index contributed by atoms with van der Waals surface area (Å²) < 4.78 is 0. The second-order valence-electron chi connectivity index (χ2n) is 6.88. The molecular weight excluding hydrogens is 330 g/mol. The second-order valence-corrected chi connectivity index (χ2v) is 7.86. The van der Waals surface area contributed by atoms with Gasteiger partial charge >= 0.3 is 0 Å². The maximum atomic E-state index is 12.6. The number of nitrogens with one attached hydrogen (secondary N) is 3. The molecule has 0 saturated carbocycles. The average Bonchev–Trinajstić information content (AvgIpc) is 3.17. The fourth-order valence-electron chi connectivity index (χ4n) is 3.82. The molecule has 0 spiro atoms. The fraction of sp³-hybridized carbons (Fsp3) is 0.450. The van der Waals surface area contributed by atoms with Gasteiger partial charge in [-0.05, 0) is 37.4 Å². The third-order valence-corrected chi connectivity index (χ3v) is 6.24. The Bertz CT molecular complexity index is 651. The summed E-state index contributed by atoms with van der Waals surface area (Å²) in [4.78, 5) is 17.2. The van der Waals surface area contributed by atoms with Crippen molar-refractivity contribution in [2.24, 2.45) is 0 Å². The van der Waals surface area contributed by atoms with Crippen molar-refractivity contribution < 1.29 is 14.6 Å². The lowest BCUT2D eigenvalue weighted by Crippen LogP contribution is -3.28. The molecular formula is C20H29N3OS+2. The minimum Gasteiger partial charge on any atom is -0.343 e. The van der Waals surface area contributed by atoms with Crippen LogP contribution in [0.15, 0.2) is 47.8 Å². The molecule has 1 aromatic carbocycles. The summed E-state index contributed by atoms with van der Waals surface area (Å²) in [5.74, 6) is 0.0203. The highest BCUT2D eigenvalue weighted by Gasteiger charge is 2.35. The topological polar surface area (TPSA) is 38.0 Å². The molecule has 1 aliphatic heterocycles. The Labute approximate surface area is 154 Å². The van der Waals surface area contributed by atoms with Crippen molar-refractivity contribution in [2.45, 2.75) is 25.9 Å². The number of benzene rings is 1. The Morgan fingerprint density at radius 2 is 1.84 bits per heavy atom. The van der Waals surface area contributed by atoms with E-state index < -0.39 is 0 Å². The van der Waals surface area contributed by atoms with E-state index in [9.17, 15) is 4.79 Å². The van der Waals surface area contributed by atoms with Crippen LogP contribution in [-0.2, 0) is 0 Å². The monoisotopic (exact) mass is 359 g/mol. The van der Waals surface area contributed by atoms with Crippen LogP contribution in [0.2, 0.25) is 0 Å². The molecule has 5 heteroatoms. The molecule has 0 radical (unpaired) electrons. The van der Waals surface area contributed by atoms with E-state index >= 15 is 0 Å². The molecule has 1 saturated heterocycles. The number of rotatable bonds is 6. The van der Waals surface area contributed by atoms with Crippen LogP contribution >= 0.6 is 11.3 Å². The number of carbonyl (C=O) groups is 1. The molecule has 134 valence electrons. The van der Waals surface area contributed by atoms with Gasteiger partial charge in [-0.15, -0.1) is 11.3 Å². The second kappa shape index (κ2) is 8.61. The molecule has 1 aliphatic rings. The summed E-state index contributed by atoms with van der Waals surface area (Å²) in [5.41, 5.74) is 0.731. The number of likely N-dealkylation sites (N-methyl/N-ethyl adjacent to an activating group) is 1. The van der Waals surface area contributed by atoms with E-state index in [1.165, 1.54) is 24.5 Å². The number of hydrogen-bond acceptors (Lipinski definition) is 2. The zero-order valence-electron chi connectivity index (χ0n) is 15.1. The number of hydrogen-bond donors (Lipinski definition) is 3. The van der Waals surface area contributed by atoms with Gasteiger partial charge in [0.05, 0.1) is 17.5 Å². The summed E-state index contributed by atoms with van der Waals surface area (Å²) in [6, 6.07) is 14.3. The highest BCUT2D eigenvalue weighted by atomic mass is 32.1. The first-order valence-corrected chi connectivity index (χ1v) is 10.1. The van der Waals surface area contributed by atoms with Crippen LogP contribution in [0, 0.1) is 0 Å². The van der Waals surface area contributed by atoms with Crippen molar-refractivity contribution >= 4 is 17.2 Å². The third kappa shape index (κ3) is 4.48. The maximum absolute atomic E-state index is 12.6. The molecule has 1 amide bonds. The van der Waals surface area contributed by atoms with Crippen molar-refractivity contribution in [1.82, 2.24) is 5.32 Å². The summed E-state index contributed by atoms with van der Waals surface area (Å²) in [6.45, 7) is 10.4. The average molecular weight is 360 g/mol. The smallest absolute Gasteiger partial charge is 0.251 e. The number of piperazine rings is 1. The third-order valence-electron chi connectivity index (χ3n) is 5.28. The molecule has 2 atom stereocenters. The van der Waals surface area contributed by atoms with E-state index in [4.69, 9.17) is 0 Å². The highest BCUT2D eigenvalue weighted by Crippen LogP contribution is 2.20. The van der Waals surface area contributed by atoms with Gasteiger partial charge in [0, 0.05) is 5.56 Å². The zero-order chi connectivity index (χ0) is 17.6. The van der Waals surface area contributed by atoms with Crippen molar-refractivity contribution in [1.29, 1.82) is 0 Å². The highest BCUT2D eigenvalue weighted by molar-refractivity contribution is 7.10. The number of thiophene rings is 1. The largest absolute Gasteiger partial charge is 0.343 e. The minimum absolute atomic E-state index is 0.0203. The van der Waals surface area contributed by atoms with E-state index in [-0.39, 0.29) is 11.9 Å². The van der Waals surface area contributed by atoms with E-state index in [0.717, 1.165) is 18.7 Å². The van der Waals surface area contributed by atoms with Crippen LogP contribution in [0.5, 0.6) is 0 Å². The lowest BCUT2D eigenvalue weighted by Gasteiger charge is -2.36. The van der Waals surface area contributed by atoms with Crippen LogP contribution in [0.4, 0.5) is 0 Å². The summed E-state index contributed by atoms with van der Waals surface area (Å²) in [7, 11) is 0. The van der Waals surface area contributed by atoms with E-state index in [1.807, 2.05) is 30.3 Å². The van der Waals surface area contributed by atoms with Crippen LogP contribution < -0.4 is 15.1 Å². The van der Waals surface area contributed by atoms with Crippen LogP contribution in [0.3, 0.4) is 0 Å². The summed E-state index contributed by atoms with van der Waals surface area (Å²) in [5, 5.41) is 5.39. The fourth-order valence-corrected chi connectivity index (χ4v) is 4.81. The quantitative estimate of drug-likeness (QED) is 0.687. The predicted molar refractivity (Wildman–Crippen MR) is 102 cm³/mol. The van der Waals surface area contributed by atoms with Gasteiger partial charge in [-0.2, -0.15) is 0 Å². The summed E-state index contributed by atoms with van der Waals surface area (Å²) in [6.07, 6.45) is 0. The van der Waals surface area contributed by atoms with Crippen LogP contribution in [-0.4, -0.2) is 44.7 Å². The molecule has 1 fully saturated rings. The van der Waals surface area contributed by atoms with E-state index in [2.05, 4.69) is 36.7 Å². The van der Waals surface area contributed by atoms with E-state index in [0.29, 0.717) is 6.04 Å². The molecule has 3 rings (SSSR count). The van der Waals surface area contributed by atoms with Gasteiger partial charge in [-0.25, -0.2) is 0 Å². The first-order chi connectivity index (χ1) is 12.2. The first-order valence-electron chi connectivity index (χ1n) is 9.26. The van der Waals surface area contributed by atoms with Crippen molar-refractivity contribution in [3.8, 4) is 0 Å². The Balaban J connectivity index is 1.72. The van der Waals surface area contributed by atoms with Gasteiger partial charge in [-0.3, -0.25) is 4.79 Å². The summed E-state index contributed by atoms with van der Waals surface area (Å²) >= 11 is 1.80. The molecule has 0 bridgehead atoms. The number of amides is 1. The predicted octanol–water partition coefficient (Wildman–Crippen LogP) is 0.411. The normalized spacial score (nSPS) is 23.0. The Hall–Kier alpha value is -1.69. The molecule has 1 aromatic heterocycles. The SMILES string of the molecule is CC[NH+]1CC[NH+]([C@@H](c2cccs2)[C@@H](C)NC(=O)c2ccccc2)CC1. The van der Waals surface area contributed by atoms with Gasteiger partial charge in [-0.1, -0.05) is 24.3 Å². The van der Waals surface area contributed by atoms with Gasteiger partial charge in [0.25, 0.3) is 5.91 Å². The maximum Gasteiger partial charge on any atom is 0.251 e.